The number of sulfonamides is 1. The number of benzene rings is 2. The molecule has 0 saturated carbocycles. The first-order valence-electron chi connectivity index (χ1n) is 10.1. The average molecular weight is 498 g/mol. The van der Waals surface area contributed by atoms with Gasteiger partial charge in [-0.05, 0) is 42.7 Å². The van der Waals surface area contributed by atoms with E-state index in [2.05, 4.69) is 16.6 Å². The summed E-state index contributed by atoms with van der Waals surface area (Å²) in [6.07, 6.45) is 1.06. The van der Waals surface area contributed by atoms with Crippen molar-refractivity contribution in [3.8, 4) is 11.1 Å². The molecule has 0 radical (unpaired) electrons. The highest BCUT2D eigenvalue weighted by atomic mass is 35.5. The molecular formula is C22H25Cl2N3O4S. The molecule has 2 aromatic carbocycles. The van der Waals surface area contributed by atoms with Crippen LogP contribution in [0.25, 0.3) is 11.1 Å². The van der Waals surface area contributed by atoms with E-state index in [4.69, 9.17) is 23.2 Å². The Kier molecular flexibility index (Phi) is 8.19. The number of aliphatic hydroxyl groups is 1. The maximum absolute atomic E-state index is 12.7. The molecule has 32 heavy (non-hydrogen) atoms. The Morgan fingerprint density at radius 3 is 2.56 bits per heavy atom. The molecule has 3 N–H and O–H groups in total. The lowest BCUT2D eigenvalue weighted by Gasteiger charge is -2.32. The largest absolute Gasteiger partial charge is 0.392 e. The van der Waals surface area contributed by atoms with Crippen LogP contribution in [0.4, 0.5) is 5.69 Å². The van der Waals surface area contributed by atoms with Crippen LogP contribution in [0.3, 0.4) is 0 Å². The van der Waals surface area contributed by atoms with Crippen molar-refractivity contribution >= 4 is 44.8 Å². The molecule has 1 heterocycles. The van der Waals surface area contributed by atoms with Crippen molar-refractivity contribution in [3.63, 3.8) is 0 Å². The Balaban J connectivity index is 1.65. The van der Waals surface area contributed by atoms with Crippen molar-refractivity contribution in [2.24, 2.45) is 0 Å². The van der Waals surface area contributed by atoms with E-state index >= 15 is 0 Å². The fourth-order valence-corrected chi connectivity index (χ4v) is 4.88. The summed E-state index contributed by atoms with van der Waals surface area (Å²) in [6.45, 7) is 3.99. The van der Waals surface area contributed by atoms with Crippen LogP contribution in [0.1, 0.15) is 18.4 Å². The normalized spacial score (nSPS) is 14.9. The number of nitrogens with one attached hydrogen (secondary N) is 2. The van der Waals surface area contributed by atoms with Gasteiger partial charge in [0, 0.05) is 51.4 Å². The minimum absolute atomic E-state index is 0.0344. The van der Waals surface area contributed by atoms with Gasteiger partial charge in [0.05, 0.1) is 13.2 Å². The minimum Gasteiger partial charge on any atom is -0.392 e. The summed E-state index contributed by atoms with van der Waals surface area (Å²) in [5, 5.41) is 14.8. The Bertz CT molecular complexity index is 1100. The van der Waals surface area contributed by atoms with E-state index in [0.29, 0.717) is 47.2 Å². The summed E-state index contributed by atoms with van der Waals surface area (Å²) in [4.78, 5) is 14.4. The van der Waals surface area contributed by atoms with Gasteiger partial charge in [-0.15, -0.1) is 0 Å². The van der Waals surface area contributed by atoms with Crippen LogP contribution in [0.5, 0.6) is 0 Å². The van der Waals surface area contributed by atoms with Crippen molar-refractivity contribution in [1.82, 2.24) is 9.62 Å². The summed E-state index contributed by atoms with van der Waals surface area (Å²) in [5.41, 5.74) is 2.74. The number of hydrogen-bond donors (Lipinski definition) is 3. The van der Waals surface area contributed by atoms with Gasteiger partial charge in [-0.3, -0.25) is 4.79 Å². The maximum Gasteiger partial charge on any atom is 0.241 e. The van der Waals surface area contributed by atoms with Gasteiger partial charge in [0.25, 0.3) is 0 Å². The zero-order valence-corrected chi connectivity index (χ0v) is 19.7. The topological polar surface area (TPSA) is 98.7 Å². The number of carbonyl (C=O) groups is 1. The Hall–Kier alpha value is -2.10. The third kappa shape index (κ3) is 6.24. The number of rotatable bonds is 8. The van der Waals surface area contributed by atoms with Crippen LogP contribution in [-0.2, 0) is 21.4 Å². The molecule has 0 spiro atoms. The maximum atomic E-state index is 12.7. The second-order valence-corrected chi connectivity index (χ2v) is 10.00. The van der Waals surface area contributed by atoms with Crippen LogP contribution >= 0.6 is 23.2 Å². The molecular weight excluding hydrogens is 473 g/mol. The molecule has 2 aromatic rings. The fourth-order valence-electron chi connectivity index (χ4n) is 3.60. The first-order valence-corrected chi connectivity index (χ1v) is 12.4. The van der Waals surface area contributed by atoms with Gasteiger partial charge < -0.3 is 15.3 Å². The highest BCUT2D eigenvalue weighted by molar-refractivity contribution is 7.92. The Morgan fingerprint density at radius 1 is 1.22 bits per heavy atom. The first-order chi connectivity index (χ1) is 15.2. The molecule has 10 heteroatoms. The van der Waals surface area contributed by atoms with Crippen LogP contribution < -0.4 is 10.0 Å². The number of carbonyl (C=O) groups excluding carboxylic acids is 1. The first kappa shape index (κ1) is 24.5. The molecule has 0 atom stereocenters. The average Bonchev–Trinajstić information content (AvgIpc) is 2.78. The summed E-state index contributed by atoms with van der Waals surface area (Å²) < 4.78 is 25.8. The summed E-state index contributed by atoms with van der Waals surface area (Å²) in [5.74, 6) is -0.113. The molecule has 172 valence electrons. The van der Waals surface area contributed by atoms with E-state index in [1.54, 1.807) is 29.2 Å². The van der Waals surface area contributed by atoms with Crippen LogP contribution in [0, 0.1) is 0 Å². The van der Waals surface area contributed by atoms with Gasteiger partial charge in [0.2, 0.25) is 15.9 Å². The Morgan fingerprint density at radius 2 is 1.94 bits per heavy atom. The van der Waals surface area contributed by atoms with E-state index in [0.717, 1.165) is 16.5 Å². The number of halogens is 2. The van der Waals surface area contributed by atoms with Crippen LogP contribution in [0.2, 0.25) is 10.0 Å². The molecule has 7 nitrogen and oxygen atoms in total. The van der Waals surface area contributed by atoms with Gasteiger partial charge in [0.1, 0.15) is 0 Å². The zero-order chi connectivity index (χ0) is 23.3. The highest BCUT2D eigenvalue weighted by Gasteiger charge is 2.25. The summed E-state index contributed by atoms with van der Waals surface area (Å²) in [6, 6.07) is 10.5. The smallest absolute Gasteiger partial charge is 0.241 e. The molecule has 1 aliphatic heterocycles. The molecule has 0 bridgehead atoms. The van der Waals surface area contributed by atoms with Crippen LogP contribution in [0.15, 0.2) is 48.4 Å². The third-order valence-corrected chi connectivity index (χ3v) is 6.98. The fraction of sp³-hybridized carbons (Fsp3) is 0.318. The van der Waals surface area contributed by atoms with Gasteiger partial charge in [-0.25, -0.2) is 13.1 Å². The number of amides is 1. The van der Waals surface area contributed by atoms with Gasteiger partial charge in [-0.1, -0.05) is 41.9 Å². The van der Waals surface area contributed by atoms with E-state index in [1.807, 2.05) is 12.1 Å². The van der Waals surface area contributed by atoms with Crippen LogP contribution in [-0.4, -0.2) is 50.0 Å². The van der Waals surface area contributed by atoms with Gasteiger partial charge in [-0.2, -0.15) is 0 Å². The zero-order valence-electron chi connectivity index (χ0n) is 17.4. The van der Waals surface area contributed by atoms with Gasteiger partial charge in [0.15, 0.2) is 0 Å². The highest BCUT2D eigenvalue weighted by Crippen LogP contribution is 2.34. The number of likely N-dealkylation sites (tertiary alicyclic amines) is 1. The standard InChI is InChI=1S/C22H25Cl2N3O4S/c1-2-32(30,31)26-18-6-8-27(9-7-18)22(29)13-25-21-12-19(20(24)11-16(21)14-28)15-4-3-5-17(23)10-15/h2-5,10-12,18,25-26,28H,1,6-9,13-14H2. The number of anilines is 1. The molecule has 0 aromatic heterocycles. The minimum atomic E-state index is -3.49. The van der Waals surface area contributed by atoms with Crippen molar-refractivity contribution in [2.45, 2.75) is 25.5 Å². The number of piperidine rings is 1. The summed E-state index contributed by atoms with van der Waals surface area (Å²) >= 11 is 12.5. The Labute approximate surface area is 198 Å². The molecule has 3 rings (SSSR count). The molecule has 1 fully saturated rings. The lowest BCUT2D eigenvalue weighted by Crippen LogP contribution is -2.47. The van der Waals surface area contributed by atoms with Crippen molar-refractivity contribution < 1.29 is 18.3 Å². The molecule has 1 saturated heterocycles. The second kappa shape index (κ2) is 10.7. The molecule has 1 amide bonds. The predicted octanol–water partition coefficient (Wildman–Crippen LogP) is 3.62. The molecule has 1 aliphatic rings. The third-order valence-electron chi connectivity index (χ3n) is 5.33. The van der Waals surface area contributed by atoms with E-state index in [9.17, 15) is 18.3 Å². The van der Waals surface area contributed by atoms with E-state index in [1.165, 1.54) is 0 Å². The van der Waals surface area contributed by atoms with E-state index < -0.39 is 10.0 Å². The molecule has 0 aliphatic carbocycles. The quantitative estimate of drug-likeness (QED) is 0.517. The van der Waals surface area contributed by atoms with Crippen molar-refractivity contribution in [3.05, 3.63) is 64.0 Å². The molecule has 0 unspecified atom stereocenters. The second-order valence-electron chi connectivity index (χ2n) is 7.50. The summed E-state index contributed by atoms with van der Waals surface area (Å²) in [7, 11) is -3.49. The van der Waals surface area contributed by atoms with Crippen molar-refractivity contribution in [2.75, 3.05) is 25.0 Å². The lowest BCUT2D eigenvalue weighted by molar-refractivity contribution is -0.130. The number of hydrogen-bond acceptors (Lipinski definition) is 5. The SMILES string of the molecule is C=CS(=O)(=O)NC1CCN(C(=O)CNc2cc(-c3cccc(Cl)c3)c(Cl)cc2CO)CC1. The lowest BCUT2D eigenvalue weighted by atomic mass is 10.0. The van der Waals surface area contributed by atoms with E-state index in [-0.39, 0.29) is 25.1 Å². The number of nitrogens with zero attached hydrogens (tertiary/aromatic N) is 1. The van der Waals surface area contributed by atoms with Crippen molar-refractivity contribution in [1.29, 1.82) is 0 Å². The monoisotopic (exact) mass is 497 g/mol. The number of aliphatic hydroxyl groups excluding tert-OH is 1. The predicted molar refractivity (Wildman–Crippen MR) is 128 cm³/mol. The van der Waals surface area contributed by atoms with Gasteiger partial charge >= 0.3 is 0 Å².